The highest BCUT2D eigenvalue weighted by atomic mass is 32.1. The molecule has 0 spiro atoms. The highest BCUT2D eigenvalue weighted by Crippen LogP contribution is 2.21. The third-order valence-electron chi connectivity index (χ3n) is 2.86. The molecule has 0 bridgehead atoms. The van der Waals surface area contributed by atoms with Gasteiger partial charge >= 0.3 is 5.97 Å². The van der Waals surface area contributed by atoms with Gasteiger partial charge in [-0.05, 0) is 43.2 Å². The summed E-state index contributed by atoms with van der Waals surface area (Å²) in [5, 5.41) is 2.86. The van der Waals surface area contributed by atoms with Crippen LogP contribution in [0, 0.1) is 13.8 Å². The van der Waals surface area contributed by atoms with E-state index in [2.05, 4.69) is 10.1 Å². The Labute approximate surface area is 121 Å². The number of methoxy groups -OCH3 is 1. The minimum absolute atomic E-state index is 0.223. The van der Waals surface area contributed by atoms with Crippen LogP contribution in [-0.2, 0) is 4.74 Å². The van der Waals surface area contributed by atoms with Crippen LogP contribution >= 0.6 is 11.3 Å². The number of ether oxygens (including phenoxy) is 1. The van der Waals surface area contributed by atoms with Crippen molar-refractivity contribution in [3.8, 4) is 0 Å². The van der Waals surface area contributed by atoms with Crippen molar-refractivity contribution >= 4 is 28.9 Å². The Morgan fingerprint density at radius 3 is 2.50 bits per heavy atom. The molecule has 0 saturated carbocycles. The van der Waals surface area contributed by atoms with Crippen LogP contribution in [0.1, 0.15) is 30.5 Å². The molecule has 1 amide bonds. The third kappa shape index (κ3) is 3.05. The van der Waals surface area contributed by atoms with E-state index in [-0.39, 0.29) is 5.91 Å². The summed E-state index contributed by atoms with van der Waals surface area (Å²) in [7, 11) is 1.32. The van der Waals surface area contributed by atoms with Crippen molar-refractivity contribution in [3.05, 3.63) is 51.2 Å². The first-order chi connectivity index (χ1) is 9.51. The standard InChI is InChI=1S/C15H15NO3S/c1-9-4-5-10(2)11(8-9)16-14(17)12-6-7-13(20-12)15(18)19-3/h4-8H,1-3H3,(H,16,17). The van der Waals surface area contributed by atoms with E-state index >= 15 is 0 Å². The van der Waals surface area contributed by atoms with Crippen LogP contribution in [0.5, 0.6) is 0 Å². The lowest BCUT2D eigenvalue weighted by molar-refractivity contribution is 0.0606. The van der Waals surface area contributed by atoms with Gasteiger partial charge in [0.05, 0.1) is 12.0 Å². The molecule has 1 heterocycles. The van der Waals surface area contributed by atoms with Gasteiger partial charge in [-0.3, -0.25) is 4.79 Å². The largest absolute Gasteiger partial charge is 0.465 e. The molecule has 5 heteroatoms. The van der Waals surface area contributed by atoms with Gasteiger partial charge in [-0.2, -0.15) is 0 Å². The lowest BCUT2D eigenvalue weighted by atomic mass is 10.1. The van der Waals surface area contributed by atoms with E-state index in [4.69, 9.17) is 0 Å². The molecule has 104 valence electrons. The predicted octanol–water partition coefficient (Wildman–Crippen LogP) is 3.40. The maximum Gasteiger partial charge on any atom is 0.348 e. The third-order valence-corrected chi connectivity index (χ3v) is 3.92. The number of carbonyl (C=O) groups excluding carboxylic acids is 2. The predicted molar refractivity (Wildman–Crippen MR) is 79.5 cm³/mol. The van der Waals surface area contributed by atoms with Gasteiger partial charge in [0.15, 0.2) is 0 Å². The fraction of sp³-hybridized carbons (Fsp3) is 0.200. The van der Waals surface area contributed by atoms with Crippen molar-refractivity contribution < 1.29 is 14.3 Å². The summed E-state index contributed by atoms with van der Waals surface area (Å²) in [5.41, 5.74) is 2.85. The Hall–Kier alpha value is -2.14. The highest BCUT2D eigenvalue weighted by molar-refractivity contribution is 7.16. The molecule has 0 fully saturated rings. The molecule has 0 saturated heterocycles. The fourth-order valence-corrected chi connectivity index (χ4v) is 2.54. The monoisotopic (exact) mass is 289 g/mol. The quantitative estimate of drug-likeness (QED) is 0.881. The van der Waals surface area contributed by atoms with Crippen LogP contribution in [-0.4, -0.2) is 19.0 Å². The first-order valence-electron chi connectivity index (χ1n) is 6.08. The summed E-state index contributed by atoms with van der Waals surface area (Å²) in [6, 6.07) is 9.08. The lowest BCUT2D eigenvalue weighted by Crippen LogP contribution is -2.11. The molecular formula is C15H15NO3S. The average Bonchev–Trinajstić information content (AvgIpc) is 2.91. The molecule has 1 aromatic carbocycles. The van der Waals surface area contributed by atoms with Crippen molar-refractivity contribution in [1.82, 2.24) is 0 Å². The number of nitrogens with one attached hydrogen (secondary N) is 1. The average molecular weight is 289 g/mol. The summed E-state index contributed by atoms with van der Waals surface area (Å²) in [5.74, 6) is -0.653. The number of anilines is 1. The maximum absolute atomic E-state index is 12.1. The van der Waals surface area contributed by atoms with Crippen molar-refractivity contribution in [3.63, 3.8) is 0 Å². The fourth-order valence-electron chi connectivity index (χ4n) is 1.72. The van der Waals surface area contributed by atoms with Crippen LogP contribution in [0.15, 0.2) is 30.3 Å². The van der Waals surface area contributed by atoms with Crippen LogP contribution in [0.25, 0.3) is 0 Å². The van der Waals surface area contributed by atoms with E-state index in [9.17, 15) is 9.59 Å². The number of thiophene rings is 1. The number of esters is 1. The van der Waals surface area contributed by atoms with E-state index in [0.29, 0.717) is 9.75 Å². The molecule has 1 N–H and O–H groups in total. The zero-order chi connectivity index (χ0) is 14.7. The molecule has 0 radical (unpaired) electrons. The van der Waals surface area contributed by atoms with E-state index in [1.54, 1.807) is 12.1 Å². The zero-order valence-electron chi connectivity index (χ0n) is 11.5. The summed E-state index contributed by atoms with van der Waals surface area (Å²) in [4.78, 5) is 24.4. The normalized spacial score (nSPS) is 10.2. The summed E-state index contributed by atoms with van der Waals surface area (Å²) >= 11 is 1.12. The molecule has 0 aliphatic rings. The molecule has 2 aromatic rings. The maximum atomic E-state index is 12.1. The number of aryl methyl sites for hydroxylation is 2. The number of carbonyl (C=O) groups is 2. The molecule has 2 rings (SSSR count). The molecule has 1 aromatic heterocycles. The minimum Gasteiger partial charge on any atom is -0.465 e. The molecule has 0 aliphatic heterocycles. The highest BCUT2D eigenvalue weighted by Gasteiger charge is 2.14. The lowest BCUT2D eigenvalue weighted by Gasteiger charge is -2.08. The van der Waals surface area contributed by atoms with E-state index in [1.807, 2.05) is 32.0 Å². The van der Waals surface area contributed by atoms with Crippen LogP contribution in [0.4, 0.5) is 5.69 Å². The Bertz CT molecular complexity index is 661. The van der Waals surface area contributed by atoms with Crippen LogP contribution in [0.3, 0.4) is 0 Å². The molecular weight excluding hydrogens is 274 g/mol. The van der Waals surface area contributed by atoms with Gasteiger partial charge in [-0.25, -0.2) is 4.79 Å². The van der Waals surface area contributed by atoms with Crippen molar-refractivity contribution in [2.24, 2.45) is 0 Å². The Balaban J connectivity index is 2.18. The van der Waals surface area contributed by atoms with E-state index < -0.39 is 5.97 Å². The van der Waals surface area contributed by atoms with Gasteiger partial charge in [0.2, 0.25) is 0 Å². The molecule has 20 heavy (non-hydrogen) atoms. The molecule has 0 unspecified atom stereocenters. The van der Waals surface area contributed by atoms with Crippen molar-refractivity contribution in [2.45, 2.75) is 13.8 Å². The van der Waals surface area contributed by atoms with E-state index in [0.717, 1.165) is 28.2 Å². The Morgan fingerprint density at radius 2 is 1.80 bits per heavy atom. The van der Waals surface area contributed by atoms with Gasteiger partial charge in [-0.15, -0.1) is 11.3 Å². The summed E-state index contributed by atoms with van der Waals surface area (Å²) in [6.07, 6.45) is 0. The van der Waals surface area contributed by atoms with Crippen molar-refractivity contribution in [2.75, 3.05) is 12.4 Å². The van der Waals surface area contributed by atoms with Gasteiger partial charge in [0.25, 0.3) is 5.91 Å². The molecule has 4 nitrogen and oxygen atoms in total. The number of hydrogen-bond acceptors (Lipinski definition) is 4. The first kappa shape index (κ1) is 14.3. The van der Waals surface area contributed by atoms with Crippen LogP contribution < -0.4 is 5.32 Å². The Kier molecular flexibility index (Phi) is 4.20. The second-order valence-electron chi connectivity index (χ2n) is 4.43. The zero-order valence-corrected chi connectivity index (χ0v) is 12.3. The first-order valence-corrected chi connectivity index (χ1v) is 6.89. The second-order valence-corrected chi connectivity index (χ2v) is 5.51. The van der Waals surface area contributed by atoms with Crippen molar-refractivity contribution in [1.29, 1.82) is 0 Å². The topological polar surface area (TPSA) is 55.4 Å². The van der Waals surface area contributed by atoms with Gasteiger partial charge in [-0.1, -0.05) is 12.1 Å². The van der Waals surface area contributed by atoms with E-state index in [1.165, 1.54) is 7.11 Å². The van der Waals surface area contributed by atoms with Gasteiger partial charge in [0.1, 0.15) is 4.88 Å². The number of amides is 1. The summed E-state index contributed by atoms with van der Waals surface area (Å²) < 4.78 is 4.62. The molecule has 0 atom stereocenters. The van der Waals surface area contributed by atoms with Gasteiger partial charge < -0.3 is 10.1 Å². The SMILES string of the molecule is COC(=O)c1ccc(C(=O)Nc2cc(C)ccc2C)s1. The molecule has 0 aliphatic carbocycles. The number of rotatable bonds is 3. The van der Waals surface area contributed by atoms with Gasteiger partial charge in [0, 0.05) is 5.69 Å². The number of hydrogen-bond donors (Lipinski definition) is 1. The smallest absolute Gasteiger partial charge is 0.348 e. The van der Waals surface area contributed by atoms with Crippen LogP contribution in [0.2, 0.25) is 0 Å². The Morgan fingerprint density at radius 1 is 1.10 bits per heavy atom. The number of benzene rings is 1. The minimum atomic E-state index is -0.430. The second kappa shape index (κ2) is 5.88. The summed E-state index contributed by atoms with van der Waals surface area (Å²) in [6.45, 7) is 3.90.